The molecule has 0 aliphatic carbocycles. The SMILES string of the molecule is C=CCc1cc(C=NNC(=O)Cc2ccccc2[N+](=O)[O-])cc(OC)c1OCc1ccc(Cl)cc1. The molecule has 0 atom stereocenters. The number of nitro groups is 1. The number of carbonyl (C=O) groups is 1. The molecule has 1 amide bonds. The van der Waals surface area contributed by atoms with Gasteiger partial charge in [-0.05, 0) is 41.8 Å². The summed E-state index contributed by atoms with van der Waals surface area (Å²) in [4.78, 5) is 22.9. The fourth-order valence-corrected chi connectivity index (χ4v) is 3.47. The van der Waals surface area contributed by atoms with Crippen molar-refractivity contribution < 1.29 is 19.2 Å². The highest BCUT2D eigenvalue weighted by atomic mass is 35.5. The summed E-state index contributed by atoms with van der Waals surface area (Å²) in [6, 6.07) is 17.0. The van der Waals surface area contributed by atoms with Crippen LogP contribution in [-0.2, 0) is 24.2 Å². The number of benzene rings is 3. The minimum absolute atomic E-state index is 0.111. The van der Waals surface area contributed by atoms with Crippen LogP contribution < -0.4 is 14.9 Å². The molecule has 9 heteroatoms. The topological polar surface area (TPSA) is 103 Å². The van der Waals surface area contributed by atoms with Crippen molar-refractivity contribution in [2.24, 2.45) is 5.10 Å². The third-order valence-electron chi connectivity index (χ3n) is 4.98. The first kappa shape index (κ1) is 25.5. The molecule has 180 valence electrons. The number of nitro benzene ring substituents is 1. The smallest absolute Gasteiger partial charge is 0.273 e. The molecule has 0 spiro atoms. The Morgan fingerprint density at radius 2 is 1.91 bits per heavy atom. The van der Waals surface area contributed by atoms with Crippen LogP contribution in [0.3, 0.4) is 0 Å². The van der Waals surface area contributed by atoms with Crippen LogP contribution in [-0.4, -0.2) is 24.2 Å². The monoisotopic (exact) mass is 493 g/mol. The van der Waals surface area contributed by atoms with Crippen molar-refractivity contribution in [3.8, 4) is 11.5 Å². The third-order valence-corrected chi connectivity index (χ3v) is 5.23. The first-order valence-electron chi connectivity index (χ1n) is 10.6. The Morgan fingerprint density at radius 3 is 2.60 bits per heavy atom. The maximum Gasteiger partial charge on any atom is 0.273 e. The normalized spacial score (nSPS) is 10.7. The lowest BCUT2D eigenvalue weighted by atomic mass is 10.1. The predicted octanol–water partition coefficient (Wildman–Crippen LogP) is 5.26. The van der Waals surface area contributed by atoms with E-state index in [1.165, 1.54) is 25.5 Å². The molecule has 0 saturated heterocycles. The molecule has 0 bridgehead atoms. The molecule has 3 aromatic rings. The lowest BCUT2D eigenvalue weighted by Gasteiger charge is -2.16. The van der Waals surface area contributed by atoms with E-state index in [2.05, 4.69) is 17.1 Å². The lowest BCUT2D eigenvalue weighted by Crippen LogP contribution is -2.20. The van der Waals surface area contributed by atoms with E-state index in [0.717, 1.165) is 11.1 Å². The number of hydrogen-bond acceptors (Lipinski definition) is 6. The minimum Gasteiger partial charge on any atom is -0.493 e. The van der Waals surface area contributed by atoms with E-state index in [0.29, 0.717) is 40.7 Å². The number of ether oxygens (including phenoxy) is 2. The molecule has 8 nitrogen and oxygen atoms in total. The van der Waals surface area contributed by atoms with E-state index >= 15 is 0 Å². The number of nitrogens with zero attached hydrogens (tertiary/aromatic N) is 2. The van der Waals surface area contributed by atoms with Crippen molar-refractivity contribution in [3.63, 3.8) is 0 Å². The van der Waals surface area contributed by atoms with Crippen LogP contribution in [0.25, 0.3) is 0 Å². The molecule has 0 saturated carbocycles. The molecule has 0 radical (unpaired) electrons. The number of methoxy groups -OCH3 is 1. The Balaban J connectivity index is 1.72. The van der Waals surface area contributed by atoms with Crippen LogP contribution in [0.2, 0.25) is 5.02 Å². The molecular weight excluding hydrogens is 470 g/mol. The van der Waals surface area contributed by atoms with Crippen molar-refractivity contribution >= 4 is 29.4 Å². The highest BCUT2D eigenvalue weighted by Gasteiger charge is 2.15. The van der Waals surface area contributed by atoms with Gasteiger partial charge in [0.2, 0.25) is 5.91 Å². The van der Waals surface area contributed by atoms with Crippen molar-refractivity contribution in [2.75, 3.05) is 7.11 Å². The highest BCUT2D eigenvalue weighted by molar-refractivity contribution is 6.30. The Labute approximate surface area is 208 Å². The van der Waals surface area contributed by atoms with Gasteiger partial charge in [-0.3, -0.25) is 14.9 Å². The van der Waals surface area contributed by atoms with Crippen LogP contribution in [0.5, 0.6) is 11.5 Å². The molecular formula is C26H24ClN3O5. The van der Waals surface area contributed by atoms with Crippen LogP contribution in [0, 0.1) is 10.1 Å². The highest BCUT2D eigenvalue weighted by Crippen LogP contribution is 2.34. The molecule has 3 aromatic carbocycles. The van der Waals surface area contributed by atoms with Gasteiger partial charge in [0.25, 0.3) is 5.69 Å². The summed E-state index contributed by atoms with van der Waals surface area (Å²) in [5.74, 6) is 0.614. The van der Waals surface area contributed by atoms with Gasteiger partial charge in [-0.25, -0.2) is 5.43 Å². The van der Waals surface area contributed by atoms with Crippen LogP contribution >= 0.6 is 11.6 Å². The van der Waals surface area contributed by atoms with Crippen molar-refractivity contribution in [3.05, 3.63) is 111 Å². The largest absolute Gasteiger partial charge is 0.493 e. The quantitative estimate of drug-likeness (QED) is 0.170. The standard InChI is InChI=1S/C26H24ClN3O5/c1-3-6-21-13-19(14-24(34-2)26(21)35-17-18-9-11-22(27)12-10-18)16-28-29-25(31)15-20-7-4-5-8-23(20)30(32)33/h3-5,7-14,16H,1,6,15,17H2,2H3,(H,29,31). The zero-order chi connectivity index (χ0) is 25.2. The van der Waals surface area contributed by atoms with Gasteiger partial charge in [0, 0.05) is 22.2 Å². The average Bonchev–Trinajstić information content (AvgIpc) is 2.84. The van der Waals surface area contributed by atoms with E-state index in [4.69, 9.17) is 21.1 Å². The zero-order valence-electron chi connectivity index (χ0n) is 19.1. The van der Waals surface area contributed by atoms with Crippen LogP contribution in [0.4, 0.5) is 5.69 Å². The average molecular weight is 494 g/mol. The molecule has 0 aliphatic rings. The van der Waals surface area contributed by atoms with E-state index in [9.17, 15) is 14.9 Å². The van der Waals surface area contributed by atoms with Crippen LogP contribution in [0.15, 0.2) is 78.4 Å². The van der Waals surface area contributed by atoms with Gasteiger partial charge in [0.05, 0.1) is 24.7 Å². The minimum atomic E-state index is -0.518. The maximum absolute atomic E-state index is 12.3. The van der Waals surface area contributed by atoms with E-state index < -0.39 is 10.8 Å². The Morgan fingerprint density at radius 1 is 1.17 bits per heavy atom. The fourth-order valence-electron chi connectivity index (χ4n) is 3.35. The maximum atomic E-state index is 12.3. The van der Waals surface area contributed by atoms with Gasteiger partial charge in [-0.2, -0.15) is 5.10 Å². The summed E-state index contributed by atoms with van der Waals surface area (Å²) in [6.45, 7) is 4.13. The molecule has 0 fully saturated rings. The predicted molar refractivity (Wildman–Crippen MR) is 135 cm³/mol. The molecule has 0 heterocycles. The van der Waals surface area contributed by atoms with Gasteiger partial charge < -0.3 is 9.47 Å². The number of allylic oxidation sites excluding steroid dienone is 1. The first-order chi connectivity index (χ1) is 16.9. The molecule has 0 unspecified atom stereocenters. The Kier molecular flexibility index (Phi) is 8.97. The zero-order valence-corrected chi connectivity index (χ0v) is 19.8. The number of halogens is 1. The van der Waals surface area contributed by atoms with Crippen LogP contribution in [0.1, 0.15) is 22.3 Å². The van der Waals surface area contributed by atoms with Crippen molar-refractivity contribution in [1.29, 1.82) is 0 Å². The number of hydrazone groups is 1. The number of para-hydroxylation sites is 1. The van der Waals surface area contributed by atoms with E-state index in [-0.39, 0.29) is 12.1 Å². The van der Waals surface area contributed by atoms with Gasteiger partial charge in [-0.1, -0.05) is 48.0 Å². The second-order valence-electron chi connectivity index (χ2n) is 7.48. The summed E-state index contributed by atoms with van der Waals surface area (Å²) in [5.41, 5.74) is 5.06. The van der Waals surface area contributed by atoms with Gasteiger partial charge in [0.15, 0.2) is 11.5 Å². The van der Waals surface area contributed by atoms with E-state index in [1.807, 2.05) is 18.2 Å². The Bertz CT molecular complexity index is 1240. The van der Waals surface area contributed by atoms with Gasteiger partial charge in [0.1, 0.15) is 6.61 Å². The summed E-state index contributed by atoms with van der Waals surface area (Å²) in [7, 11) is 1.54. The van der Waals surface area contributed by atoms with E-state index in [1.54, 1.807) is 36.4 Å². The van der Waals surface area contributed by atoms with Gasteiger partial charge >= 0.3 is 0 Å². The third kappa shape index (κ3) is 7.15. The fraction of sp³-hybridized carbons (Fsp3) is 0.154. The summed E-state index contributed by atoms with van der Waals surface area (Å²) in [6.07, 6.45) is 3.57. The number of amides is 1. The first-order valence-corrected chi connectivity index (χ1v) is 11.0. The molecule has 0 aliphatic heterocycles. The number of rotatable bonds is 11. The summed E-state index contributed by atoms with van der Waals surface area (Å²) < 4.78 is 11.6. The number of nitrogens with one attached hydrogen (secondary N) is 1. The molecule has 0 aromatic heterocycles. The molecule has 35 heavy (non-hydrogen) atoms. The van der Waals surface area contributed by atoms with Gasteiger partial charge in [-0.15, -0.1) is 6.58 Å². The lowest BCUT2D eigenvalue weighted by molar-refractivity contribution is -0.385. The summed E-state index contributed by atoms with van der Waals surface area (Å²) in [5, 5.41) is 15.8. The number of carbonyl (C=O) groups excluding carboxylic acids is 1. The summed E-state index contributed by atoms with van der Waals surface area (Å²) >= 11 is 5.94. The van der Waals surface area contributed by atoms with Crippen molar-refractivity contribution in [1.82, 2.24) is 5.43 Å². The van der Waals surface area contributed by atoms with Crippen molar-refractivity contribution in [2.45, 2.75) is 19.4 Å². The Hall–Kier alpha value is -4.17. The second-order valence-corrected chi connectivity index (χ2v) is 7.91. The number of hydrogen-bond donors (Lipinski definition) is 1. The molecule has 1 N–H and O–H groups in total. The molecule has 3 rings (SSSR count). The second kappa shape index (κ2) is 12.3.